The van der Waals surface area contributed by atoms with E-state index in [-0.39, 0.29) is 21.1 Å². The molecule has 0 aromatic heterocycles. The minimum Gasteiger partial charge on any atom is -0.497 e. The maximum Gasteiger partial charge on any atom is 0.196 e. The molecule has 0 saturated carbocycles. The number of methoxy groups -OCH3 is 1. The molecule has 3 nitrogen and oxygen atoms in total. The molecule has 0 bridgehead atoms. The Bertz CT molecular complexity index is 1470. The molecule has 42 heavy (non-hydrogen) atoms. The molecule has 0 atom stereocenters. The van der Waals surface area contributed by atoms with Crippen molar-refractivity contribution in [3.63, 3.8) is 0 Å². The fourth-order valence-corrected chi connectivity index (χ4v) is 7.70. The Morgan fingerprint density at radius 3 is 0.929 bits per heavy atom. The third kappa shape index (κ3) is 5.79. The van der Waals surface area contributed by atoms with Crippen LogP contribution in [0.15, 0.2) is 102 Å². The van der Waals surface area contributed by atoms with Crippen molar-refractivity contribution in [1.82, 2.24) is 0 Å². The van der Waals surface area contributed by atoms with Crippen LogP contribution in [0.3, 0.4) is 0 Å². The highest BCUT2D eigenvalue weighted by molar-refractivity contribution is 7.92. The minimum absolute atomic E-state index is 0.0707. The molecular formula is C38H46O3S. The summed E-state index contributed by atoms with van der Waals surface area (Å²) >= 11 is 0. The molecule has 0 aliphatic carbocycles. The SMILES string of the molecule is COc1ccc(S(=O)(=O)C(c2ccc(C(C)(C)C)cc2)(c2ccc(C(C)(C)C)cc2)c2ccc(C(C)(C)C)cc2)cc1. The van der Waals surface area contributed by atoms with Crippen LogP contribution in [0, 0.1) is 0 Å². The van der Waals surface area contributed by atoms with Gasteiger partial charge in [-0.15, -0.1) is 0 Å². The van der Waals surface area contributed by atoms with Gasteiger partial charge < -0.3 is 4.74 Å². The van der Waals surface area contributed by atoms with Crippen LogP contribution in [-0.2, 0) is 30.8 Å². The van der Waals surface area contributed by atoms with Gasteiger partial charge in [0.25, 0.3) is 0 Å². The summed E-state index contributed by atoms with van der Waals surface area (Å²) in [5.41, 5.74) is 5.35. The van der Waals surface area contributed by atoms with Gasteiger partial charge in [-0.2, -0.15) is 0 Å². The third-order valence-corrected chi connectivity index (χ3v) is 10.7. The third-order valence-electron chi connectivity index (χ3n) is 8.25. The number of hydrogen-bond donors (Lipinski definition) is 0. The van der Waals surface area contributed by atoms with Gasteiger partial charge in [0, 0.05) is 0 Å². The van der Waals surface area contributed by atoms with Crippen LogP contribution in [-0.4, -0.2) is 15.5 Å². The Hall–Kier alpha value is -3.37. The van der Waals surface area contributed by atoms with Gasteiger partial charge in [-0.05, 0) is 73.9 Å². The van der Waals surface area contributed by atoms with E-state index in [4.69, 9.17) is 4.74 Å². The minimum atomic E-state index is -4.05. The summed E-state index contributed by atoms with van der Waals surface area (Å²) in [6, 6.07) is 31.1. The molecule has 0 heterocycles. The van der Waals surface area contributed by atoms with Gasteiger partial charge in [-0.1, -0.05) is 135 Å². The van der Waals surface area contributed by atoms with E-state index in [0.29, 0.717) is 22.4 Å². The highest BCUT2D eigenvalue weighted by atomic mass is 32.2. The lowest BCUT2D eigenvalue weighted by molar-refractivity contribution is 0.414. The predicted molar refractivity (Wildman–Crippen MR) is 175 cm³/mol. The summed E-state index contributed by atoms with van der Waals surface area (Å²) in [6.07, 6.45) is 0. The van der Waals surface area contributed by atoms with E-state index in [1.807, 2.05) is 36.4 Å². The first kappa shape index (κ1) is 31.6. The summed E-state index contributed by atoms with van der Waals surface area (Å²) < 4.78 is 34.4. The van der Waals surface area contributed by atoms with E-state index < -0.39 is 14.6 Å². The van der Waals surface area contributed by atoms with Crippen LogP contribution in [0.4, 0.5) is 0 Å². The largest absolute Gasteiger partial charge is 0.497 e. The van der Waals surface area contributed by atoms with Crippen LogP contribution < -0.4 is 4.74 Å². The molecule has 0 amide bonds. The number of sulfone groups is 1. The van der Waals surface area contributed by atoms with Crippen molar-refractivity contribution in [2.45, 2.75) is 88.2 Å². The van der Waals surface area contributed by atoms with E-state index in [0.717, 1.165) is 16.7 Å². The first-order valence-corrected chi connectivity index (χ1v) is 16.1. The van der Waals surface area contributed by atoms with Gasteiger partial charge >= 0.3 is 0 Å². The zero-order valence-electron chi connectivity index (χ0n) is 26.9. The standard InChI is InChI=1S/C38H46O3S/c1-35(2,3)27-11-17-30(18-12-27)38(31-19-13-28(14-20-31)36(4,5)6,32-21-15-29(16-22-32)37(7,8)9)42(39,40)34-25-23-33(41-10)24-26-34/h11-26H,1-10H3. The zero-order chi connectivity index (χ0) is 31.1. The van der Waals surface area contributed by atoms with E-state index in [1.165, 1.54) is 0 Å². The van der Waals surface area contributed by atoms with Gasteiger partial charge in [0.15, 0.2) is 14.6 Å². The Balaban J connectivity index is 2.14. The Morgan fingerprint density at radius 1 is 0.429 bits per heavy atom. The topological polar surface area (TPSA) is 43.4 Å². The van der Waals surface area contributed by atoms with Crippen molar-refractivity contribution in [2.24, 2.45) is 0 Å². The van der Waals surface area contributed by atoms with Gasteiger partial charge in [-0.25, -0.2) is 8.42 Å². The summed E-state index contributed by atoms with van der Waals surface area (Å²) in [5.74, 6) is 0.609. The van der Waals surface area contributed by atoms with E-state index in [2.05, 4.69) is 98.7 Å². The molecule has 0 unspecified atom stereocenters. The fourth-order valence-electron chi connectivity index (χ4n) is 5.51. The summed E-state index contributed by atoms with van der Waals surface area (Å²) in [7, 11) is -2.47. The van der Waals surface area contributed by atoms with Crippen LogP contribution in [0.1, 0.15) is 95.7 Å². The van der Waals surface area contributed by atoms with E-state index >= 15 is 8.42 Å². The number of hydrogen-bond acceptors (Lipinski definition) is 3. The quantitative estimate of drug-likeness (QED) is 0.213. The van der Waals surface area contributed by atoms with Gasteiger partial charge in [0.1, 0.15) is 5.75 Å². The average molecular weight is 583 g/mol. The highest BCUT2D eigenvalue weighted by Gasteiger charge is 2.50. The Morgan fingerprint density at radius 2 is 0.690 bits per heavy atom. The lowest BCUT2D eigenvalue weighted by Gasteiger charge is -2.36. The molecule has 4 rings (SSSR count). The molecule has 4 aromatic carbocycles. The highest BCUT2D eigenvalue weighted by Crippen LogP contribution is 2.48. The molecule has 4 aromatic rings. The zero-order valence-corrected chi connectivity index (χ0v) is 27.7. The molecule has 0 saturated heterocycles. The molecule has 0 aliphatic heterocycles. The number of benzene rings is 4. The predicted octanol–water partition coefficient (Wildman–Crippen LogP) is 9.35. The van der Waals surface area contributed by atoms with E-state index in [9.17, 15) is 0 Å². The average Bonchev–Trinajstić information content (AvgIpc) is 2.93. The Kier molecular flexibility index (Phi) is 8.30. The van der Waals surface area contributed by atoms with Gasteiger partial charge in [-0.3, -0.25) is 0 Å². The molecular weight excluding hydrogens is 536 g/mol. The molecule has 4 heteroatoms. The lowest BCUT2D eigenvalue weighted by Crippen LogP contribution is -2.39. The van der Waals surface area contributed by atoms with Crippen LogP contribution in [0.25, 0.3) is 0 Å². The van der Waals surface area contributed by atoms with Crippen molar-refractivity contribution in [2.75, 3.05) is 7.11 Å². The number of rotatable bonds is 6. The molecule has 0 aliphatic rings. The van der Waals surface area contributed by atoms with Crippen molar-refractivity contribution in [3.8, 4) is 5.75 Å². The summed E-state index contributed by atoms with van der Waals surface area (Å²) in [4.78, 5) is 0.239. The smallest absolute Gasteiger partial charge is 0.196 e. The first-order chi connectivity index (χ1) is 19.4. The van der Waals surface area contributed by atoms with Gasteiger partial charge in [0.2, 0.25) is 0 Å². The second kappa shape index (κ2) is 11.0. The first-order valence-electron chi connectivity index (χ1n) is 14.6. The van der Waals surface area contributed by atoms with Crippen molar-refractivity contribution < 1.29 is 13.2 Å². The maximum absolute atomic E-state index is 15.3. The van der Waals surface area contributed by atoms with E-state index in [1.54, 1.807) is 31.4 Å². The molecule has 222 valence electrons. The lowest BCUT2D eigenvalue weighted by atomic mass is 9.79. The van der Waals surface area contributed by atoms with Crippen LogP contribution in [0.2, 0.25) is 0 Å². The van der Waals surface area contributed by atoms with Crippen molar-refractivity contribution in [3.05, 3.63) is 130 Å². The monoisotopic (exact) mass is 582 g/mol. The summed E-state index contributed by atoms with van der Waals surface area (Å²) in [5, 5.41) is 0. The summed E-state index contributed by atoms with van der Waals surface area (Å²) in [6.45, 7) is 19.5. The number of ether oxygens (including phenoxy) is 1. The van der Waals surface area contributed by atoms with Gasteiger partial charge in [0.05, 0.1) is 12.0 Å². The second-order valence-electron chi connectivity index (χ2n) is 14.3. The normalized spacial score (nSPS) is 13.2. The van der Waals surface area contributed by atoms with Crippen LogP contribution >= 0.6 is 0 Å². The second-order valence-corrected chi connectivity index (χ2v) is 16.4. The van der Waals surface area contributed by atoms with Crippen molar-refractivity contribution in [1.29, 1.82) is 0 Å². The molecule has 0 radical (unpaired) electrons. The molecule has 0 fully saturated rings. The molecule has 0 N–H and O–H groups in total. The maximum atomic E-state index is 15.3. The Labute approximate surface area is 253 Å². The van der Waals surface area contributed by atoms with Crippen molar-refractivity contribution >= 4 is 9.84 Å². The fraction of sp³-hybridized carbons (Fsp3) is 0.368. The molecule has 0 spiro atoms. The van der Waals surface area contributed by atoms with Crippen LogP contribution in [0.5, 0.6) is 5.75 Å².